The summed E-state index contributed by atoms with van der Waals surface area (Å²) in [6.45, 7) is 1.89. The molecular formula is C16H17N5O5. The third kappa shape index (κ3) is 3.14. The predicted octanol–water partition coefficient (Wildman–Crippen LogP) is 0.365. The largest absolute Gasteiger partial charge is 0.466 e. The molecule has 2 heterocycles. The summed E-state index contributed by atoms with van der Waals surface area (Å²) in [6.07, 6.45) is 1.43. The highest BCUT2D eigenvalue weighted by molar-refractivity contribution is 6.03. The number of rotatable bonds is 4. The number of hydrogen-bond donors (Lipinski definition) is 0. The fraction of sp³-hybridized carbons (Fsp3) is 0.312. The number of esters is 2. The number of tetrazole rings is 1. The topological polar surface area (TPSA) is 109 Å². The Bertz CT molecular complexity index is 862. The van der Waals surface area contributed by atoms with Crippen molar-refractivity contribution in [1.82, 2.24) is 20.2 Å². The second kappa shape index (κ2) is 7.31. The number of benzene rings is 1. The second-order valence-corrected chi connectivity index (χ2v) is 5.46. The van der Waals surface area contributed by atoms with Crippen LogP contribution in [-0.4, -0.2) is 59.7 Å². The number of aromatic nitrogens is 4. The van der Waals surface area contributed by atoms with Crippen molar-refractivity contribution in [2.24, 2.45) is 0 Å². The molecule has 0 bridgehead atoms. The van der Waals surface area contributed by atoms with E-state index < -0.39 is 11.9 Å². The Labute approximate surface area is 148 Å². The van der Waals surface area contributed by atoms with Crippen molar-refractivity contribution in [3.8, 4) is 5.69 Å². The first kappa shape index (κ1) is 17.5. The number of carbonyl (C=O) groups excluding carboxylic acids is 2. The summed E-state index contributed by atoms with van der Waals surface area (Å²) in [4.78, 5) is 26.1. The fourth-order valence-electron chi connectivity index (χ4n) is 2.65. The standard InChI is InChI=1S/C16H17N5O5/c1-10-4-5-12(21-8-17-18-19-21)13(6-10)20-9-26-7-11(15(22)24-2)14(20)16(23)25-3/h4-6,8H,7,9H2,1-3H3. The van der Waals surface area contributed by atoms with E-state index in [9.17, 15) is 9.59 Å². The van der Waals surface area contributed by atoms with Crippen LogP contribution in [0.15, 0.2) is 35.8 Å². The van der Waals surface area contributed by atoms with E-state index in [4.69, 9.17) is 14.2 Å². The maximum absolute atomic E-state index is 12.4. The molecule has 1 aliphatic heterocycles. The van der Waals surface area contributed by atoms with Gasteiger partial charge in [0.25, 0.3) is 0 Å². The lowest BCUT2D eigenvalue weighted by Crippen LogP contribution is -2.39. The van der Waals surface area contributed by atoms with E-state index in [0.717, 1.165) is 5.56 Å². The molecular weight excluding hydrogens is 342 g/mol. The van der Waals surface area contributed by atoms with E-state index in [0.29, 0.717) is 11.4 Å². The van der Waals surface area contributed by atoms with Gasteiger partial charge < -0.3 is 19.1 Å². The zero-order chi connectivity index (χ0) is 18.7. The molecule has 0 saturated heterocycles. The van der Waals surface area contributed by atoms with Crippen LogP contribution in [0.5, 0.6) is 0 Å². The number of aryl methyl sites for hydroxylation is 1. The molecule has 3 rings (SSSR count). The van der Waals surface area contributed by atoms with E-state index in [1.165, 1.54) is 25.2 Å². The maximum Gasteiger partial charge on any atom is 0.355 e. The summed E-state index contributed by atoms with van der Waals surface area (Å²) < 4.78 is 16.6. The van der Waals surface area contributed by atoms with Gasteiger partial charge in [0, 0.05) is 0 Å². The Morgan fingerprint density at radius 3 is 2.58 bits per heavy atom. The quantitative estimate of drug-likeness (QED) is 0.715. The van der Waals surface area contributed by atoms with Crippen molar-refractivity contribution in [3.05, 3.63) is 41.4 Å². The smallest absolute Gasteiger partial charge is 0.355 e. The Morgan fingerprint density at radius 1 is 1.15 bits per heavy atom. The molecule has 0 saturated carbocycles. The van der Waals surface area contributed by atoms with E-state index >= 15 is 0 Å². The molecule has 1 aromatic carbocycles. The van der Waals surface area contributed by atoms with Gasteiger partial charge >= 0.3 is 11.9 Å². The monoisotopic (exact) mass is 359 g/mol. The average Bonchev–Trinajstić information content (AvgIpc) is 3.20. The molecule has 0 radical (unpaired) electrons. The molecule has 0 atom stereocenters. The number of nitrogens with zero attached hydrogens (tertiary/aromatic N) is 5. The van der Waals surface area contributed by atoms with Crippen LogP contribution < -0.4 is 4.90 Å². The van der Waals surface area contributed by atoms with Crippen molar-refractivity contribution in [1.29, 1.82) is 0 Å². The summed E-state index contributed by atoms with van der Waals surface area (Å²) in [6, 6.07) is 5.53. The number of hydrogen-bond acceptors (Lipinski definition) is 9. The molecule has 10 heteroatoms. The van der Waals surface area contributed by atoms with Gasteiger partial charge in [-0.15, -0.1) is 5.10 Å². The molecule has 1 aliphatic rings. The number of methoxy groups -OCH3 is 2. The zero-order valence-electron chi connectivity index (χ0n) is 14.5. The zero-order valence-corrected chi connectivity index (χ0v) is 14.5. The molecule has 0 amide bonds. The molecule has 2 aromatic rings. The minimum absolute atomic E-state index is 0.0451. The Hall–Kier alpha value is -3.27. The van der Waals surface area contributed by atoms with Crippen molar-refractivity contribution in [3.63, 3.8) is 0 Å². The highest BCUT2D eigenvalue weighted by Gasteiger charge is 2.33. The lowest BCUT2D eigenvalue weighted by molar-refractivity contribution is -0.140. The molecule has 1 aromatic heterocycles. The molecule has 136 valence electrons. The predicted molar refractivity (Wildman–Crippen MR) is 88.2 cm³/mol. The molecule has 0 spiro atoms. The number of carbonyl (C=O) groups is 2. The van der Waals surface area contributed by atoms with Gasteiger partial charge in [-0.25, -0.2) is 9.59 Å². The molecule has 0 aliphatic carbocycles. The number of ether oxygens (including phenoxy) is 3. The van der Waals surface area contributed by atoms with Crippen LogP contribution in [0.25, 0.3) is 5.69 Å². The molecule has 10 nitrogen and oxygen atoms in total. The van der Waals surface area contributed by atoms with Crippen molar-refractivity contribution in [2.75, 3.05) is 32.5 Å². The molecule has 0 fully saturated rings. The normalized spacial score (nSPS) is 14.3. The lowest BCUT2D eigenvalue weighted by Gasteiger charge is -2.32. The van der Waals surface area contributed by atoms with Crippen LogP contribution in [0.3, 0.4) is 0 Å². The summed E-state index contributed by atoms with van der Waals surface area (Å²) in [5.74, 6) is -1.33. The number of anilines is 1. The van der Waals surface area contributed by atoms with Gasteiger partial charge in [0.15, 0.2) is 0 Å². The van der Waals surface area contributed by atoms with Crippen LogP contribution in [-0.2, 0) is 23.8 Å². The van der Waals surface area contributed by atoms with Crippen LogP contribution in [0, 0.1) is 6.92 Å². The van der Waals surface area contributed by atoms with E-state index in [-0.39, 0.29) is 24.6 Å². The van der Waals surface area contributed by atoms with Gasteiger partial charge in [0.05, 0.1) is 37.8 Å². The summed E-state index contributed by atoms with van der Waals surface area (Å²) in [7, 11) is 2.48. The summed E-state index contributed by atoms with van der Waals surface area (Å²) in [5.41, 5.74) is 2.27. The minimum atomic E-state index is -0.669. The molecule has 0 unspecified atom stereocenters. The van der Waals surface area contributed by atoms with E-state index in [1.807, 2.05) is 25.1 Å². The SMILES string of the molecule is COC(=O)C1=C(C(=O)OC)N(c2cc(C)ccc2-n2cnnn2)COC1. The van der Waals surface area contributed by atoms with Crippen molar-refractivity contribution in [2.45, 2.75) is 6.92 Å². The van der Waals surface area contributed by atoms with Gasteiger partial charge in [0.1, 0.15) is 18.8 Å². The summed E-state index contributed by atoms with van der Waals surface area (Å²) >= 11 is 0. The van der Waals surface area contributed by atoms with Gasteiger partial charge in [-0.2, -0.15) is 4.68 Å². The van der Waals surface area contributed by atoms with Crippen LogP contribution >= 0.6 is 0 Å². The maximum atomic E-state index is 12.4. The van der Waals surface area contributed by atoms with E-state index in [2.05, 4.69) is 15.5 Å². The van der Waals surface area contributed by atoms with Gasteiger partial charge in [-0.05, 0) is 35.0 Å². The van der Waals surface area contributed by atoms with Gasteiger partial charge in [-0.1, -0.05) is 6.07 Å². The highest BCUT2D eigenvalue weighted by Crippen LogP contribution is 2.32. The third-order valence-electron chi connectivity index (χ3n) is 3.85. The molecule has 0 N–H and O–H groups in total. The highest BCUT2D eigenvalue weighted by atomic mass is 16.5. The summed E-state index contributed by atoms with van der Waals surface area (Å²) in [5, 5.41) is 11.2. The minimum Gasteiger partial charge on any atom is -0.466 e. The molecule has 26 heavy (non-hydrogen) atoms. The second-order valence-electron chi connectivity index (χ2n) is 5.46. The fourth-order valence-corrected chi connectivity index (χ4v) is 2.65. The first-order chi connectivity index (χ1) is 12.6. The lowest BCUT2D eigenvalue weighted by atomic mass is 10.1. The van der Waals surface area contributed by atoms with Crippen molar-refractivity contribution >= 4 is 17.6 Å². The van der Waals surface area contributed by atoms with E-state index in [1.54, 1.807) is 4.90 Å². The average molecular weight is 359 g/mol. The Morgan fingerprint density at radius 2 is 1.92 bits per heavy atom. The van der Waals surface area contributed by atoms with Crippen molar-refractivity contribution < 1.29 is 23.8 Å². The third-order valence-corrected chi connectivity index (χ3v) is 3.85. The van der Waals surface area contributed by atoms with Gasteiger partial charge in [-0.3, -0.25) is 0 Å². The Balaban J connectivity index is 2.20. The first-order valence-electron chi connectivity index (χ1n) is 7.66. The van der Waals surface area contributed by atoms with Gasteiger partial charge in [0.2, 0.25) is 0 Å². The van der Waals surface area contributed by atoms with Crippen LogP contribution in [0.1, 0.15) is 5.56 Å². The van der Waals surface area contributed by atoms with Crippen LogP contribution in [0.2, 0.25) is 0 Å². The Kier molecular flexibility index (Phi) is 4.94. The first-order valence-corrected chi connectivity index (χ1v) is 7.66. The van der Waals surface area contributed by atoms with Crippen LogP contribution in [0.4, 0.5) is 5.69 Å².